The van der Waals surface area contributed by atoms with E-state index in [1.165, 1.54) is 5.56 Å². The van der Waals surface area contributed by atoms with Crippen LogP contribution >= 0.6 is 0 Å². The van der Waals surface area contributed by atoms with Gasteiger partial charge in [-0.2, -0.15) is 0 Å². The smallest absolute Gasteiger partial charge is 0.0998 e. The third-order valence-electron chi connectivity index (χ3n) is 3.53. The van der Waals surface area contributed by atoms with E-state index >= 15 is 0 Å². The standard InChI is InChI=1S/C20H26N2/c1-6-8-14-20(7-2)17(3)22(18(4)21-5)16-15-19-12-10-9-11-13-19/h6-14H,2-3,15-16H2,1,4-5H3/b8-6-,20-14+,21-18-. The van der Waals surface area contributed by atoms with Crippen molar-refractivity contribution in [3.63, 3.8) is 0 Å². The van der Waals surface area contributed by atoms with Crippen LogP contribution in [0.1, 0.15) is 19.4 Å². The van der Waals surface area contributed by atoms with Gasteiger partial charge in [0.05, 0.1) is 5.84 Å². The zero-order valence-corrected chi connectivity index (χ0v) is 13.9. The highest BCUT2D eigenvalue weighted by Gasteiger charge is 2.12. The van der Waals surface area contributed by atoms with E-state index in [-0.39, 0.29) is 0 Å². The van der Waals surface area contributed by atoms with Crippen molar-refractivity contribution < 1.29 is 0 Å². The average molecular weight is 294 g/mol. The highest BCUT2D eigenvalue weighted by atomic mass is 15.2. The van der Waals surface area contributed by atoms with Crippen LogP contribution in [0.2, 0.25) is 0 Å². The van der Waals surface area contributed by atoms with Crippen LogP contribution < -0.4 is 0 Å². The maximum atomic E-state index is 4.32. The van der Waals surface area contributed by atoms with E-state index in [0.717, 1.165) is 30.1 Å². The number of amidine groups is 1. The van der Waals surface area contributed by atoms with E-state index < -0.39 is 0 Å². The Bertz CT molecular complexity index is 577. The zero-order valence-electron chi connectivity index (χ0n) is 13.9. The molecule has 2 nitrogen and oxygen atoms in total. The van der Waals surface area contributed by atoms with Gasteiger partial charge in [0.1, 0.15) is 0 Å². The summed E-state index contributed by atoms with van der Waals surface area (Å²) >= 11 is 0. The molecule has 0 aliphatic carbocycles. The molecular formula is C20H26N2. The first-order valence-corrected chi connectivity index (χ1v) is 7.53. The number of nitrogens with zero attached hydrogens (tertiary/aromatic N) is 2. The summed E-state index contributed by atoms with van der Waals surface area (Å²) in [5.41, 5.74) is 3.24. The van der Waals surface area contributed by atoms with Crippen molar-refractivity contribution in [2.75, 3.05) is 13.6 Å². The van der Waals surface area contributed by atoms with Gasteiger partial charge in [0.15, 0.2) is 0 Å². The average Bonchev–Trinajstić information content (AvgIpc) is 2.56. The van der Waals surface area contributed by atoms with Crippen LogP contribution in [0, 0.1) is 0 Å². The number of benzene rings is 1. The predicted octanol–water partition coefficient (Wildman–Crippen LogP) is 4.78. The molecule has 0 saturated heterocycles. The van der Waals surface area contributed by atoms with Gasteiger partial charge in [-0.25, -0.2) is 0 Å². The lowest BCUT2D eigenvalue weighted by molar-refractivity contribution is 0.523. The van der Waals surface area contributed by atoms with Crippen LogP contribution in [-0.4, -0.2) is 24.3 Å². The monoisotopic (exact) mass is 294 g/mol. The molecule has 116 valence electrons. The van der Waals surface area contributed by atoms with Gasteiger partial charge in [-0.1, -0.05) is 67.8 Å². The lowest BCUT2D eigenvalue weighted by Crippen LogP contribution is -2.30. The Morgan fingerprint density at radius 1 is 1.27 bits per heavy atom. The first-order chi connectivity index (χ1) is 10.6. The fourth-order valence-corrected chi connectivity index (χ4v) is 2.14. The lowest BCUT2D eigenvalue weighted by Gasteiger charge is -2.27. The molecular weight excluding hydrogens is 268 g/mol. The number of hydrogen-bond acceptors (Lipinski definition) is 1. The molecule has 0 spiro atoms. The highest BCUT2D eigenvalue weighted by Crippen LogP contribution is 2.17. The number of aliphatic imine (C=N–C) groups is 1. The summed E-state index contributed by atoms with van der Waals surface area (Å²) in [5.74, 6) is 0.953. The Kier molecular flexibility index (Phi) is 7.69. The van der Waals surface area contributed by atoms with Crippen molar-refractivity contribution in [2.45, 2.75) is 20.3 Å². The summed E-state index contributed by atoms with van der Waals surface area (Å²) in [5, 5.41) is 0. The zero-order chi connectivity index (χ0) is 16.4. The highest BCUT2D eigenvalue weighted by molar-refractivity contribution is 5.82. The van der Waals surface area contributed by atoms with Gasteiger partial charge in [0.2, 0.25) is 0 Å². The molecule has 0 saturated carbocycles. The van der Waals surface area contributed by atoms with Gasteiger partial charge in [-0.15, -0.1) is 0 Å². The van der Waals surface area contributed by atoms with Crippen molar-refractivity contribution in [1.29, 1.82) is 0 Å². The molecule has 0 aromatic heterocycles. The molecule has 0 amide bonds. The minimum atomic E-state index is 0.840. The predicted molar refractivity (Wildman–Crippen MR) is 98.1 cm³/mol. The van der Waals surface area contributed by atoms with E-state index in [1.54, 1.807) is 7.05 Å². The largest absolute Gasteiger partial charge is 0.330 e. The summed E-state index contributed by atoms with van der Waals surface area (Å²) in [6.07, 6.45) is 8.79. The van der Waals surface area contributed by atoms with E-state index in [9.17, 15) is 0 Å². The Hall–Kier alpha value is -2.35. The Balaban J connectivity index is 2.93. The summed E-state index contributed by atoms with van der Waals surface area (Å²) in [7, 11) is 1.81. The maximum Gasteiger partial charge on any atom is 0.0998 e. The van der Waals surface area contributed by atoms with Gasteiger partial charge < -0.3 is 4.90 Å². The Morgan fingerprint density at radius 3 is 2.50 bits per heavy atom. The molecule has 0 heterocycles. The Labute approximate surface area is 134 Å². The van der Waals surface area contributed by atoms with Gasteiger partial charge in [0.25, 0.3) is 0 Å². The Morgan fingerprint density at radius 2 is 1.95 bits per heavy atom. The molecule has 1 aromatic carbocycles. The third kappa shape index (κ3) is 5.21. The van der Waals surface area contributed by atoms with Crippen molar-refractivity contribution in [2.24, 2.45) is 4.99 Å². The molecule has 0 radical (unpaired) electrons. The van der Waals surface area contributed by atoms with Crippen LogP contribution in [-0.2, 0) is 6.42 Å². The quantitative estimate of drug-likeness (QED) is 0.401. The minimum Gasteiger partial charge on any atom is -0.330 e. The second-order valence-electron chi connectivity index (χ2n) is 4.96. The molecule has 1 rings (SSSR count). The van der Waals surface area contributed by atoms with Crippen LogP contribution in [0.3, 0.4) is 0 Å². The van der Waals surface area contributed by atoms with Crippen molar-refractivity contribution >= 4 is 5.84 Å². The van der Waals surface area contributed by atoms with Gasteiger partial charge in [-0.3, -0.25) is 4.99 Å². The van der Waals surface area contributed by atoms with Crippen molar-refractivity contribution in [3.05, 3.63) is 84.6 Å². The topological polar surface area (TPSA) is 15.6 Å². The number of allylic oxidation sites excluding steroid dienone is 4. The minimum absolute atomic E-state index is 0.840. The third-order valence-corrected chi connectivity index (χ3v) is 3.53. The normalized spacial score (nSPS) is 12.5. The van der Waals surface area contributed by atoms with Crippen molar-refractivity contribution in [1.82, 2.24) is 4.90 Å². The van der Waals surface area contributed by atoms with Gasteiger partial charge in [-0.05, 0) is 31.4 Å². The molecule has 22 heavy (non-hydrogen) atoms. The fourth-order valence-electron chi connectivity index (χ4n) is 2.14. The second kappa shape index (κ2) is 9.56. The molecule has 1 aromatic rings. The SMILES string of the molecule is C=C/C(=C\C=C/C)C(=C)N(CCc1ccccc1)/C(C)=N\C. The van der Waals surface area contributed by atoms with Crippen LogP contribution in [0.4, 0.5) is 0 Å². The lowest BCUT2D eigenvalue weighted by atomic mass is 10.1. The molecule has 0 N–H and O–H groups in total. The molecule has 0 aliphatic heterocycles. The molecule has 0 aliphatic rings. The number of hydrogen-bond donors (Lipinski definition) is 0. The van der Waals surface area contributed by atoms with Crippen molar-refractivity contribution in [3.8, 4) is 0 Å². The summed E-state index contributed by atoms with van der Waals surface area (Å²) in [6.45, 7) is 13.0. The second-order valence-corrected chi connectivity index (χ2v) is 4.96. The van der Waals surface area contributed by atoms with E-state index in [0.29, 0.717) is 0 Å². The van der Waals surface area contributed by atoms with E-state index in [2.05, 4.69) is 47.3 Å². The molecule has 2 heteroatoms. The summed E-state index contributed by atoms with van der Waals surface area (Å²) in [4.78, 5) is 6.46. The van der Waals surface area contributed by atoms with E-state index in [4.69, 9.17) is 0 Å². The van der Waals surface area contributed by atoms with E-state index in [1.807, 2.05) is 44.2 Å². The molecule has 0 atom stereocenters. The first-order valence-electron chi connectivity index (χ1n) is 7.53. The number of rotatable bonds is 7. The van der Waals surface area contributed by atoms with Crippen LogP contribution in [0.25, 0.3) is 0 Å². The summed E-state index contributed by atoms with van der Waals surface area (Å²) in [6, 6.07) is 10.5. The molecule has 0 unspecified atom stereocenters. The first kappa shape index (κ1) is 17.7. The van der Waals surface area contributed by atoms with Gasteiger partial charge in [0, 0.05) is 19.3 Å². The van der Waals surface area contributed by atoms with Crippen LogP contribution in [0.15, 0.2) is 84.1 Å². The molecule has 0 bridgehead atoms. The maximum absolute atomic E-state index is 4.32. The van der Waals surface area contributed by atoms with Gasteiger partial charge >= 0.3 is 0 Å². The summed E-state index contributed by atoms with van der Waals surface area (Å²) < 4.78 is 0. The van der Waals surface area contributed by atoms with Crippen LogP contribution in [0.5, 0.6) is 0 Å². The molecule has 0 fully saturated rings. The fraction of sp³-hybridized carbons (Fsp3) is 0.250.